The molecular formula is C20H18ClN3O2. The minimum atomic E-state index is -0.299. The predicted octanol–water partition coefficient (Wildman–Crippen LogP) is 4.73. The monoisotopic (exact) mass is 367 g/mol. The first-order chi connectivity index (χ1) is 12.6. The number of rotatable bonds is 5. The summed E-state index contributed by atoms with van der Waals surface area (Å²) in [5, 5.41) is 7.36. The Balaban J connectivity index is 2.12. The number of anilines is 2. The Morgan fingerprint density at radius 1 is 1.23 bits per heavy atom. The van der Waals surface area contributed by atoms with Gasteiger partial charge in [-0.3, -0.25) is 9.78 Å². The third-order valence-electron chi connectivity index (χ3n) is 4.05. The molecule has 0 fully saturated rings. The van der Waals surface area contributed by atoms with Gasteiger partial charge in [-0.15, -0.1) is 0 Å². The predicted molar refractivity (Wildman–Crippen MR) is 107 cm³/mol. The van der Waals surface area contributed by atoms with Gasteiger partial charge in [0, 0.05) is 18.6 Å². The molecule has 5 nitrogen and oxygen atoms in total. The SMILES string of the molecule is C=CC(=O)Nc1cc(-c2ccc3ncc(Cl)c(NC)c3c2)ccc1OC. The highest BCUT2D eigenvalue weighted by Crippen LogP contribution is 2.35. The van der Waals surface area contributed by atoms with E-state index >= 15 is 0 Å². The molecule has 0 spiro atoms. The van der Waals surface area contributed by atoms with E-state index in [1.807, 2.05) is 43.4 Å². The van der Waals surface area contributed by atoms with Crippen LogP contribution in [-0.2, 0) is 4.79 Å². The van der Waals surface area contributed by atoms with E-state index in [0.29, 0.717) is 16.5 Å². The van der Waals surface area contributed by atoms with Crippen molar-refractivity contribution in [2.45, 2.75) is 0 Å². The molecule has 1 heterocycles. The van der Waals surface area contributed by atoms with Crippen LogP contribution >= 0.6 is 11.6 Å². The molecule has 0 aliphatic rings. The number of hydrogen-bond donors (Lipinski definition) is 2. The van der Waals surface area contributed by atoms with E-state index in [2.05, 4.69) is 22.2 Å². The average Bonchev–Trinajstić information content (AvgIpc) is 2.67. The highest BCUT2D eigenvalue weighted by Gasteiger charge is 2.11. The van der Waals surface area contributed by atoms with Crippen molar-refractivity contribution in [3.05, 3.63) is 60.3 Å². The largest absolute Gasteiger partial charge is 0.495 e. The van der Waals surface area contributed by atoms with Gasteiger partial charge in [-0.05, 0) is 41.5 Å². The highest BCUT2D eigenvalue weighted by atomic mass is 35.5. The van der Waals surface area contributed by atoms with Crippen LogP contribution in [0.25, 0.3) is 22.0 Å². The number of carbonyl (C=O) groups is 1. The molecule has 0 bridgehead atoms. The maximum atomic E-state index is 11.7. The molecule has 0 saturated carbocycles. The molecule has 1 aromatic heterocycles. The van der Waals surface area contributed by atoms with Gasteiger partial charge in [-0.2, -0.15) is 0 Å². The summed E-state index contributed by atoms with van der Waals surface area (Å²) in [7, 11) is 3.38. The fourth-order valence-electron chi connectivity index (χ4n) is 2.77. The summed E-state index contributed by atoms with van der Waals surface area (Å²) in [5.74, 6) is 0.276. The van der Waals surface area contributed by atoms with Gasteiger partial charge in [0.05, 0.1) is 29.0 Å². The number of carbonyl (C=O) groups excluding carboxylic acids is 1. The first-order valence-electron chi connectivity index (χ1n) is 7.95. The van der Waals surface area contributed by atoms with Crippen molar-refractivity contribution < 1.29 is 9.53 Å². The van der Waals surface area contributed by atoms with Crippen LogP contribution in [0.3, 0.4) is 0 Å². The minimum Gasteiger partial charge on any atom is -0.495 e. The van der Waals surface area contributed by atoms with Crippen LogP contribution in [0.1, 0.15) is 0 Å². The van der Waals surface area contributed by atoms with Crippen LogP contribution in [-0.4, -0.2) is 25.0 Å². The van der Waals surface area contributed by atoms with E-state index in [1.54, 1.807) is 13.3 Å². The number of pyridine rings is 1. The summed E-state index contributed by atoms with van der Waals surface area (Å²) in [6.07, 6.45) is 2.85. The van der Waals surface area contributed by atoms with Crippen LogP contribution in [0.2, 0.25) is 5.02 Å². The Morgan fingerprint density at radius 3 is 2.65 bits per heavy atom. The maximum Gasteiger partial charge on any atom is 0.247 e. The van der Waals surface area contributed by atoms with Crippen molar-refractivity contribution in [1.29, 1.82) is 0 Å². The molecule has 2 N–H and O–H groups in total. The molecular weight excluding hydrogens is 350 g/mol. The molecule has 0 atom stereocenters. The van der Waals surface area contributed by atoms with Crippen LogP contribution in [0, 0.1) is 0 Å². The smallest absolute Gasteiger partial charge is 0.247 e. The van der Waals surface area contributed by atoms with Gasteiger partial charge in [-0.25, -0.2) is 0 Å². The molecule has 0 aliphatic carbocycles. The summed E-state index contributed by atoms with van der Waals surface area (Å²) in [6.45, 7) is 3.48. The van der Waals surface area contributed by atoms with E-state index in [4.69, 9.17) is 16.3 Å². The zero-order chi connectivity index (χ0) is 18.7. The average molecular weight is 368 g/mol. The van der Waals surface area contributed by atoms with Crippen molar-refractivity contribution in [3.8, 4) is 16.9 Å². The van der Waals surface area contributed by atoms with Gasteiger partial charge in [0.2, 0.25) is 5.91 Å². The molecule has 0 aliphatic heterocycles. The van der Waals surface area contributed by atoms with Crippen LogP contribution < -0.4 is 15.4 Å². The number of ether oxygens (including phenoxy) is 1. The molecule has 0 saturated heterocycles. The fourth-order valence-corrected chi connectivity index (χ4v) is 3.02. The van der Waals surface area contributed by atoms with Crippen molar-refractivity contribution in [2.24, 2.45) is 0 Å². The van der Waals surface area contributed by atoms with Crippen molar-refractivity contribution in [2.75, 3.05) is 24.8 Å². The zero-order valence-electron chi connectivity index (χ0n) is 14.5. The topological polar surface area (TPSA) is 63.2 Å². The normalized spacial score (nSPS) is 10.4. The van der Waals surface area contributed by atoms with Crippen molar-refractivity contribution >= 4 is 39.8 Å². The second-order valence-electron chi connectivity index (χ2n) is 5.57. The van der Waals surface area contributed by atoms with E-state index in [-0.39, 0.29) is 5.91 Å². The lowest BCUT2D eigenvalue weighted by Gasteiger charge is -2.13. The Morgan fingerprint density at radius 2 is 1.96 bits per heavy atom. The molecule has 1 amide bonds. The number of methoxy groups -OCH3 is 1. The second-order valence-corrected chi connectivity index (χ2v) is 5.98. The van der Waals surface area contributed by atoms with Gasteiger partial charge >= 0.3 is 0 Å². The summed E-state index contributed by atoms with van der Waals surface area (Å²) < 4.78 is 5.32. The van der Waals surface area contributed by atoms with Crippen molar-refractivity contribution in [1.82, 2.24) is 4.98 Å². The quantitative estimate of drug-likeness (QED) is 0.640. The number of aromatic nitrogens is 1. The number of nitrogens with zero attached hydrogens (tertiary/aromatic N) is 1. The third-order valence-corrected chi connectivity index (χ3v) is 4.33. The second kappa shape index (κ2) is 7.45. The molecule has 6 heteroatoms. The highest BCUT2D eigenvalue weighted by molar-refractivity contribution is 6.34. The van der Waals surface area contributed by atoms with Gasteiger partial charge < -0.3 is 15.4 Å². The van der Waals surface area contributed by atoms with E-state index < -0.39 is 0 Å². The molecule has 2 aromatic carbocycles. The number of amides is 1. The van der Waals surface area contributed by atoms with Gasteiger partial charge in [0.15, 0.2) is 0 Å². The van der Waals surface area contributed by atoms with E-state index in [1.165, 1.54) is 6.08 Å². The van der Waals surface area contributed by atoms with Crippen LogP contribution in [0.5, 0.6) is 5.75 Å². The van der Waals surface area contributed by atoms with Crippen LogP contribution in [0.4, 0.5) is 11.4 Å². The van der Waals surface area contributed by atoms with Gasteiger partial charge in [0.1, 0.15) is 5.75 Å². The van der Waals surface area contributed by atoms with Gasteiger partial charge in [0.25, 0.3) is 0 Å². The fraction of sp³-hybridized carbons (Fsp3) is 0.100. The summed E-state index contributed by atoms with van der Waals surface area (Å²) in [5.41, 5.74) is 4.14. The maximum absolute atomic E-state index is 11.7. The lowest BCUT2D eigenvalue weighted by atomic mass is 10.0. The zero-order valence-corrected chi connectivity index (χ0v) is 15.2. The van der Waals surface area contributed by atoms with E-state index in [0.717, 1.165) is 27.7 Å². The standard InChI is InChI=1S/C20H18ClN3O2/c1-4-19(25)24-17-10-13(6-8-18(17)26-3)12-5-7-16-14(9-12)20(22-2)15(21)11-23-16/h4-11H,1H2,2-3H3,(H,22,23)(H,24,25). The Kier molecular flexibility index (Phi) is 5.09. The third kappa shape index (κ3) is 3.34. The first-order valence-corrected chi connectivity index (χ1v) is 8.33. The molecule has 0 unspecified atom stereocenters. The lowest BCUT2D eigenvalue weighted by molar-refractivity contribution is -0.111. The Hall–Kier alpha value is -3.05. The van der Waals surface area contributed by atoms with Gasteiger partial charge in [-0.1, -0.05) is 30.3 Å². The summed E-state index contributed by atoms with van der Waals surface area (Å²) in [6, 6.07) is 11.5. The molecule has 26 heavy (non-hydrogen) atoms. The Bertz CT molecular complexity index is 1000. The molecule has 132 valence electrons. The summed E-state index contributed by atoms with van der Waals surface area (Å²) >= 11 is 6.24. The number of halogens is 1. The number of fused-ring (bicyclic) bond motifs is 1. The molecule has 3 rings (SSSR count). The molecule has 0 radical (unpaired) electrons. The lowest BCUT2D eigenvalue weighted by Crippen LogP contribution is -2.08. The first kappa shape index (κ1) is 17.8. The number of nitrogens with one attached hydrogen (secondary N) is 2. The summed E-state index contributed by atoms with van der Waals surface area (Å²) in [4.78, 5) is 16.0. The molecule has 3 aromatic rings. The van der Waals surface area contributed by atoms with Crippen molar-refractivity contribution in [3.63, 3.8) is 0 Å². The van der Waals surface area contributed by atoms with Crippen LogP contribution in [0.15, 0.2) is 55.3 Å². The number of hydrogen-bond acceptors (Lipinski definition) is 4. The minimum absolute atomic E-state index is 0.299. The Labute approximate surface area is 156 Å². The van der Waals surface area contributed by atoms with E-state index in [9.17, 15) is 4.79 Å². The number of benzene rings is 2.